The van der Waals surface area contributed by atoms with Crippen molar-refractivity contribution in [2.45, 2.75) is 64.6 Å². The van der Waals surface area contributed by atoms with Gasteiger partial charge in [0.15, 0.2) is 0 Å². The van der Waals surface area contributed by atoms with Crippen molar-refractivity contribution in [3.63, 3.8) is 0 Å². The number of cyclic esters (lactones) is 1. The van der Waals surface area contributed by atoms with E-state index in [4.69, 9.17) is 4.74 Å². The summed E-state index contributed by atoms with van der Waals surface area (Å²) in [5, 5.41) is 9.77. The molecule has 1 rings (SSSR count). The molecule has 0 aromatic rings. The summed E-state index contributed by atoms with van der Waals surface area (Å²) in [6.45, 7) is 3.99. The van der Waals surface area contributed by atoms with Gasteiger partial charge in [-0.15, -0.1) is 0 Å². The first-order valence-electron chi connectivity index (χ1n) is 6.03. The van der Waals surface area contributed by atoms with Crippen LogP contribution in [-0.2, 0) is 9.53 Å². The number of carbonyl (C=O) groups excluding carboxylic acids is 1. The van der Waals surface area contributed by atoms with Gasteiger partial charge in [-0.3, -0.25) is 4.79 Å². The minimum absolute atomic E-state index is 0.126. The van der Waals surface area contributed by atoms with Crippen molar-refractivity contribution >= 4 is 5.97 Å². The second kappa shape index (κ2) is 6.11. The van der Waals surface area contributed by atoms with Crippen LogP contribution in [0.5, 0.6) is 0 Å². The predicted octanol–water partition coefficient (Wildman–Crippen LogP) is 2.27. The molecule has 0 radical (unpaired) electrons. The molecule has 2 unspecified atom stereocenters. The van der Waals surface area contributed by atoms with Crippen LogP contribution < -0.4 is 0 Å². The highest BCUT2D eigenvalue weighted by Gasteiger charge is 2.34. The Labute approximate surface area is 91.8 Å². The lowest BCUT2D eigenvalue weighted by Crippen LogP contribution is -2.40. The number of rotatable bonds is 5. The van der Waals surface area contributed by atoms with Crippen molar-refractivity contribution in [1.29, 1.82) is 0 Å². The molecule has 0 aromatic heterocycles. The standard InChI is InChI=1S/C12H22O3/c1-3-4-5-6-7-10-11(13)8-9(2)15-12(10)14/h9-11,13H,3-8H2,1-2H3/t9-,10?,11?/m1/s1. The van der Waals surface area contributed by atoms with Crippen molar-refractivity contribution in [3.8, 4) is 0 Å². The van der Waals surface area contributed by atoms with Gasteiger partial charge in [-0.1, -0.05) is 32.6 Å². The molecule has 1 aliphatic rings. The zero-order valence-electron chi connectivity index (χ0n) is 9.74. The maximum Gasteiger partial charge on any atom is 0.311 e. The summed E-state index contributed by atoms with van der Waals surface area (Å²) >= 11 is 0. The largest absolute Gasteiger partial charge is 0.462 e. The maximum absolute atomic E-state index is 11.5. The maximum atomic E-state index is 11.5. The molecule has 88 valence electrons. The fraction of sp³-hybridized carbons (Fsp3) is 0.917. The van der Waals surface area contributed by atoms with Crippen molar-refractivity contribution in [2.24, 2.45) is 5.92 Å². The van der Waals surface area contributed by atoms with Crippen molar-refractivity contribution in [3.05, 3.63) is 0 Å². The number of aliphatic hydroxyl groups excluding tert-OH is 1. The molecule has 3 nitrogen and oxygen atoms in total. The minimum Gasteiger partial charge on any atom is -0.462 e. The number of hydrogen-bond acceptors (Lipinski definition) is 3. The van der Waals surface area contributed by atoms with E-state index in [9.17, 15) is 9.90 Å². The van der Waals surface area contributed by atoms with E-state index in [1.165, 1.54) is 12.8 Å². The average Bonchev–Trinajstić information content (AvgIpc) is 2.15. The first-order valence-corrected chi connectivity index (χ1v) is 6.03. The number of esters is 1. The zero-order valence-corrected chi connectivity index (χ0v) is 9.74. The van der Waals surface area contributed by atoms with E-state index in [1.807, 2.05) is 6.92 Å². The van der Waals surface area contributed by atoms with E-state index < -0.39 is 6.10 Å². The summed E-state index contributed by atoms with van der Waals surface area (Å²) in [7, 11) is 0. The number of unbranched alkanes of at least 4 members (excludes halogenated alkanes) is 3. The van der Waals surface area contributed by atoms with Gasteiger partial charge in [0.2, 0.25) is 0 Å². The average molecular weight is 214 g/mol. The Morgan fingerprint density at radius 1 is 1.40 bits per heavy atom. The summed E-state index contributed by atoms with van der Waals surface area (Å²) in [5.74, 6) is -0.490. The molecule has 15 heavy (non-hydrogen) atoms. The fourth-order valence-electron chi connectivity index (χ4n) is 2.10. The second-order valence-electron chi connectivity index (χ2n) is 4.51. The molecule has 0 aromatic carbocycles. The van der Waals surface area contributed by atoms with Crippen LogP contribution >= 0.6 is 0 Å². The van der Waals surface area contributed by atoms with Gasteiger partial charge in [0.1, 0.15) is 6.10 Å². The summed E-state index contributed by atoms with van der Waals surface area (Å²) < 4.78 is 5.13. The Balaban J connectivity index is 2.29. The normalized spacial score (nSPS) is 31.4. The summed E-state index contributed by atoms with van der Waals surface area (Å²) in [4.78, 5) is 11.5. The summed E-state index contributed by atoms with van der Waals surface area (Å²) in [6.07, 6.45) is 5.28. The quantitative estimate of drug-likeness (QED) is 0.564. The SMILES string of the molecule is CCCCCCC1C(=O)O[C@H](C)CC1O. The molecular formula is C12H22O3. The van der Waals surface area contributed by atoms with Crippen LogP contribution in [0.2, 0.25) is 0 Å². The lowest BCUT2D eigenvalue weighted by molar-refractivity contribution is -0.168. The molecule has 3 heteroatoms. The topological polar surface area (TPSA) is 46.5 Å². The van der Waals surface area contributed by atoms with Gasteiger partial charge in [-0.05, 0) is 13.3 Å². The van der Waals surface area contributed by atoms with E-state index in [0.29, 0.717) is 6.42 Å². The van der Waals surface area contributed by atoms with Crippen LogP contribution in [0.15, 0.2) is 0 Å². The Morgan fingerprint density at radius 2 is 2.13 bits per heavy atom. The van der Waals surface area contributed by atoms with Gasteiger partial charge >= 0.3 is 5.97 Å². The smallest absolute Gasteiger partial charge is 0.311 e. The van der Waals surface area contributed by atoms with Gasteiger partial charge in [0.25, 0.3) is 0 Å². The number of hydrogen-bond donors (Lipinski definition) is 1. The summed E-state index contributed by atoms with van der Waals surface area (Å²) in [6, 6.07) is 0. The van der Waals surface area contributed by atoms with Crippen molar-refractivity contribution in [2.75, 3.05) is 0 Å². The fourth-order valence-corrected chi connectivity index (χ4v) is 2.10. The van der Waals surface area contributed by atoms with E-state index >= 15 is 0 Å². The Bertz CT molecular complexity index is 203. The third-order valence-corrected chi connectivity index (χ3v) is 3.03. The molecule has 1 N–H and O–H groups in total. The second-order valence-corrected chi connectivity index (χ2v) is 4.51. The Kier molecular flexibility index (Phi) is 5.09. The van der Waals surface area contributed by atoms with Crippen LogP contribution in [0.3, 0.4) is 0 Å². The van der Waals surface area contributed by atoms with E-state index in [2.05, 4.69) is 6.92 Å². The molecule has 0 amide bonds. The molecule has 0 spiro atoms. The highest BCUT2D eigenvalue weighted by molar-refractivity contribution is 5.74. The van der Waals surface area contributed by atoms with Gasteiger partial charge < -0.3 is 9.84 Å². The van der Waals surface area contributed by atoms with Crippen LogP contribution in [-0.4, -0.2) is 23.3 Å². The Hall–Kier alpha value is -0.570. The zero-order chi connectivity index (χ0) is 11.3. The third-order valence-electron chi connectivity index (χ3n) is 3.03. The molecule has 0 bridgehead atoms. The molecule has 3 atom stereocenters. The van der Waals surface area contributed by atoms with E-state index in [1.54, 1.807) is 0 Å². The number of carbonyl (C=O) groups is 1. The van der Waals surface area contributed by atoms with Gasteiger partial charge in [-0.25, -0.2) is 0 Å². The van der Waals surface area contributed by atoms with Crippen LogP contribution in [0.1, 0.15) is 52.4 Å². The molecule has 1 aliphatic heterocycles. The minimum atomic E-state index is -0.497. The molecular weight excluding hydrogens is 192 g/mol. The highest BCUT2D eigenvalue weighted by Crippen LogP contribution is 2.25. The van der Waals surface area contributed by atoms with Gasteiger partial charge in [-0.2, -0.15) is 0 Å². The first-order chi connectivity index (χ1) is 7.15. The Morgan fingerprint density at radius 3 is 2.73 bits per heavy atom. The number of aliphatic hydroxyl groups is 1. The van der Waals surface area contributed by atoms with Gasteiger partial charge in [0.05, 0.1) is 12.0 Å². The third kappa shape index (κ3) is 3.82. The predicted molar refractivity (Wildman–Crippen MR) is 58.4 cm³/mol. The lowest BCUT2D eigenvalue weighted by Gasteiger charge is -2.30. The van der Waals surface area contributed by atoms with Crippen molar-refractivity contribution in [1.82, 2.24) is 0 Å². The van der Waals surface area contributed by atoms with Crippen molar-refractivity contribution < 1.29 is 14.6 Å². The monoisotopic (exact) mass is 214 g/mol. The van der Waals surface area contributed by atoms with Crippen LogP contribution in [0.4, 0.5) is 0 Å². The molecule has 1 fully saturated rings. The molecule has 1 heterocycles. The van der Waals surface area contributed by atoms with Crippen LogP contribution in [0.25, 0.3) is 0 Å². The molecule has 0 aliphatic carbocycles. The lowest BCUT2D eigenvalue weighted by atomic mass is 9.90. The van der Waals surface area contributed by atoms with Gasteiger partial charge in [0, 0.05) is 6.42 Å². The van der Waals surface area contributed by atoms with E-state index in [-0.39, 0.29) is 18.0 Å². The van der Waals surface area contributed by atoms with E-state index in [0.717, 1.165) is 19.3 Å². The summed E-state index contributed by atoms with van der Waals surface area (Å²) in [5.41, 5.74) is 0. The molecule has 0 saturated carbocycles. The number of ether oxygens (including phenoxy) is 1. The highest BCUT2D eigenvalue weighted by atomic mass is 16.5. The van der Waals surface area contributed by atoms with Crippen LogP contribution in [0, 0.1) is 5.92 Å². The first kappa shape index (κ1) is 12.5. The molecule has 1 saturated heterocycles.